The summed E-state index contributed by atoms with van der Waals surface area (Å²) >= 11 is 1.97. The molecule has 0 bridgehead atoms. The van der Waals surface area contributed by atoms with Crippen molar-refractivity contribution >= 4 is 18.0 Å². The molecule has 0 aliphatic carbocycles. The number of rotatable bonds is 7. The van der Waals surface area contributed by atoms with Gasteiger partial charge in [0.05, 0.1) is 0 Å². The summed E-state index contributed by atoms with van der Waals surface area (Å²) in [7, 11) is 0. The van der Waals surface area contributed by atoms with E-state index in [2.05, 4.69) is 6.92 Å². The van der Waals surface area contributed by atoms with Crippen LogP contribution < -0.4 is 0 Å². The van der Waals surface area contributed by atoms with Crippen LogP contribution in [0.15, 0.2) is 0 Å². The van der Waals surface area contributed by atoms with E-state index < -0.39 is 0 Å². The summed E-state index contributed by atoms with van der Waals surface area (Å²) in [6.07, 6.45) is 5.98. The predicted molar refractivity (Wildman–Crippen MR) is 47.2 cm³/mol. The minimum absolute atomic E-state index is 0. The molecule has 0 rings (SSSR count). The first kappa shape index (κ1) is 14.6. The number of hydrogen-bond donors (Lipinski definition) is 0. The molecule has 0 fully saturated rings. The van der Waals surface area contributed by atoms with Crippen LogP contribution in [-0.2, 0) is 37.5 Å². The molecule has 0 aromatic rings. The van der Waals surface area contributed by atoms with Crippen LogP contribution in [0.2, 0.25) is 0 Å². The van der Waals surface area contributed by atoms with Crippen molar-refractivity contribution < 1.29 is 37.5 Å². The molecule has 0 heterocycles. The molecule has 3 heteroatoms. The first-order valence-electron chi connectivity index (χ1n) is 3.84. The molecule has 0 amide bonds. The van der Waals surface area contributed by atoms with Crippen molar-refractivity contribution in [3.8, 4) is 0 Å². The molecule has 0 aliphatic rings. The third kappa shape index (κ3) is 14.0. The summed E-state index contributed by atoms with van der Waals surface area (Å²) in [5, 5.41) is 0. The van der Waals surface area contributed by atoms with E-state index in [1.807, 2.05) is 18.0 Å². The Kier molecular flexibility index (Phi) is 18.2. The van der Waals surface area contributed by atoms with Crippen molar-refractivity contribution in [1.29, 1.82) is 0 Å². The van der Waals surface area contributed by atoms with Crippen LogP contribution in [0.3, 0.4) is 0 Å². The van der Waals surface area contributed by atoms with Gasteiger partial charge >= 0.3 is 0 Å². The first-order chi connectivity index (χ1) is 4.91. The smallest absolute Gasteiger partial charge is 0 e. The largest absolute Gasteiger partial charge is 0.542 e. The summed E-state index contributed by atoms with van der Waals surface area (Å²) in [6, 6.07) is 0. The molecule has 0 saturated heterocycles. The van der Waals surface area contributed by atoms with Crippen molar-refractivity contribution in [2.75, 3.05) is 11.5 Å². The van der Waals surface area contributed by atoms with E-state index >= 15 is 0 Å². The van der Waals surface area contributed by atoms with Crippen LogP contribution in [0.4, 0.5) is 0 Å². The molecule has 0 unspecified atom stereocenters. The second-order valence-electron chi connectivity index (χ2n) is 2.15. The SMILES string of the molecule is CCSCCCCC[C-]=O.[Y]. The maximum atomic E-state index is 9.76. The topological polar surface area (TPSA) is 17.1 Å². The fraction of sp³-hybridized carbons (Fsp3) is 0.875. The molecule has 0 N–H and O–H groups in total. The van der Waals surface area contributed by atoms with Crippen LogP contribution >= 0.6 is 11.8 Å². The van der Waals surface area contributed by atoms with E-state index in [4.69, 9.17) is 0 Å². The average Bonchev–Trinajstić information content (AvgIpc) is 1.97. The zero-order chi connectivity index (χ0) is 7.66. The second-order valence-corrected chi connectivity index (χ2v) is 3.55. The molecule has 11 heavy (non-hydrogen) atoms. The van der Waals surface area contributed by atoms with Crippen molar-refractivity contribution in [2.45, 2.75) is 32.6 Å². The van der Waals surface area contributed by atoms with Crippen molar-refractivity contribution in [1.82, 2.24) is 0 Å². The van der Waals surface area contributed by atoms with E-state index in [1.54, 1.807) is 0 Å². The minimum atomic E-state index is 0. The quantitative estimate of drug-likeness (QED) is 0.508. The maximum Gasteiger partial charge on any atom is 0 e. The molecule has 0 atom stereocenters. The zero-order valence-corrected chi connectivity index (χ0v) is 10.8. The Morgan fingerprint density at radius 2 is 2.00 bits per heavy atom. The van der Waals surface area contributed by atoms with Crippen LogP contribution in [0.25, 0.3) is 0 Å². The van der Waals surface area contributed by atoms with Gasteiger partial charge in [0, 0.05) is 32.7 Å². The van der Waals surface area contributed by atoms with Crippen molar-refractivity contribution in [3.63, 3.8) is 0 Å². The van der Waals surface area contributed by atoms with E-state index in [-0.39, 0.29) is 32.7 Å². The van der Waals surface area contributed by atoms with Gasteiger partial charge in [-0.15, -0.1) is 0 Å². The molecule has 0 saturated carbocycles. The van der Waals surface area contributed by atoms with E-state index in [0.29, 0.717) is 6.42 Å². The molecule has 63 valence electrons. The molecule has 0 aliphatic heterocycles. The summed E-state index contributed by atoms with van der Waals surface area (Å²) in [5.41, 5.74) is 0. The van der Waals surface area contributed by atoms with Gasteiger partial charge in [-0.2, -0.15) is 18.2 Å². The Bertz CT molecular complexity index is 78.5. The third-order valence-corrected chi connectivity index (χ3v) is 2.26. The number of carbonyl (C=O) groups excluding carboxylic acids is 1. The van der Waals surface area contributed by atoms with Crippen LogP contribution in [0.1, 0.15) is 32.6 Å². The Labute approximate surface area is 99.0 Å². The third-order valence-electron chi connectivity index (χ3n) is 1.27. The minimum Gasteiger partial charge on any atom is -0.542 e. The van der Waals surface area contributed by atoms with E-state index in [1.165, 1.54) is 24.3 Å². The monoisotopic (exact) mass is 248 g/mol. The molecular weight excluding hydrogens is 233 g/mol. The fourth-order valence-electron chi connectivity index (χ4n) is 0.722. The zero-order valence-electron chi connectivity index (χ0n) is 7.14. The molecule has 1 nitrogen and oxygen atoms in total. The van der Waals surface area contributed by atoms with Gasteiger partial charge < -0.3 is 4.79 Å². The standard InChI is InChI=1S/C8H15OS.Y/c1-2-10-8-6-4-3-5-7-9;/h2-6,8H2,1H3;/q-1;. The Morgan fingerprint density at radius 3 is 2.55 bits per heavy atom. The predicted octanol–water partition coefficient (Wildman–Crippen LogP) is 2.41. The van der Waals surface area contributed by atoms with Gasteiger partial charge in [0.25, 0.3) is 0 Å². The summed E-state index contributed by atoms with van der Waals surface area (Å²) in [5.74, 6) is 2.45. The van der Waals surface area contributed by atoms with E-state index in [0.717, 1.165) is 6.42 Å². The van der Waals surface area contributed by atoms with Crippen molar-refractivity contribution in [3.05, 3.63) is 0 Å². The van der Waals surface area contributed by atoms with Crippen LogP contribution in [-0.4, -0.2) is 17.8 Å². The van der Waals surface area contributed by atoms with Gasteiger partial charge in [0.15, 0.2) is 0 Å². The van der Waals surface area contributed by atoms with Gasteiger partial charge in [-0.1, -0.05) is 19.8 Å². The van der Waals surface area contributed by atoms with Gasteiger partial charge in [0.1, 0.15) is 0 Å². The summed E-state index contributed by atoms with van der Waals surface area (Å²) in [6.45, 7) is 2.17. The van der Waals surface area contributed by atoms with Crippen molar-refractivity contribution in [2.24, 2.45) is 0 Å². The Hall–Kier alpha value is 1.12. The van der Waals surface area contributed by atoms with E-state index in [9.17, 15) is 4.79 Å². The number of unbranched alkanes of at least 4 members (excludes halogenated alkanes) is 3. The van der Waals surface area contributed by atoms with Crippen LogP contribution in [0, 0.1) is 0 Å². The van der Waals surface area contributed by atoms with Crippen LogP contribution in [0.5, 0.6) is 0 Å². The summed E-state index contributed by atoms with van der Waals surface area (Å²) < 4.78 is 0. The molecule has 0 aromatic carbocycles. The maximum absolute atomic E-state index is 9.76. The van der Waals surface area contributed by atoms with Gasteiger partial charge in [-0.05, 0) is 17.9 Å². The number of hydrogen-bond acceptors (Lipinski definition) is 2. The Morgan fingerprint density at radius 1 is 1.27 bits per heavy atom. The van der Waals surface area contributed by atoms with Gasteiger partial charge in [-0.25, -0.2) is 0 Å². The molecule has 0 spiro atoms. The Balaban J connectivity index is 0. The molecule has 1 radical (unpaired) electrons. The first-order valence-corrected chi connectivity index (χ1v) is 5.00. The summed E-state index contributed by atoms with van der Waals surface area (Å²) in [4.78, 5) is 9.76. The fourth-order valence-corrected chi connectivity index (χ4v) is 1.42. The molecular formula is C8H15OSY-. The van der Waals surface area contributed by atoms with Gasteiger partial charge in [0.2, 0.25) is 0 Å². The average molecular weight is 248 g/mol. The molecule has 0 aromatic heterocycles. The number of thioether (sulfide) groups is 1. The van der Waals surface area contributed by atoms with Gasteiger partial charge in [-0.3, -0.25) is 6.29 Å². The normalized spacial score (nSPS) is 8.82. The second kappa shape index (κ2) is 13.7.